The molecule has 0 N–H and O–H groups in total. The molecule has 0 aliphatic heterocycles. The first kappa shape index (κ1) is 11.6. The lowest BCUT2D eigenvalue weighted by Gasteiger charge is -2.30. The summed E-state index contributed by atoms with van der Waals surface area (Å²) < 4.78 is 3.56. The number of hydrogen-bond donors (Lipinski definition) is 0. The maximum absolute atomic E-state index is 4.41. The molecule has 3 nitrogen and oxygen atoms in total. The Labute approximate surface area is 107 Å². The summed E-state index contributed by atoms with van der Waals surface area (Å²) in [6, 6.07) is 0.525. The Morgan fingerprint density at radius 2 is 2.07 bits per heavy atom. The molecule has 1 heterocycles. The maximum Gasteiger partial charge on any atom is 0.218 e. The molecule has 5 heteroatoms. The van der Waals surface area contributed by atoms with Crippen molar-refractivity contribution in [1.82, 2.24) is 14.8 Å². The molecule has 0 radical (unpaired) electrons. The van der Waals surface area contributed by atoms with Gasteiger partial charge in [-0.3, -0.25) is 0 Å². The number of aromatic nitrogens is 3. The molecular formula is C10H15Br2N3. The quantitative estimate of drug-likeness (QED) is 0.818. The van der Waals surface area contributed by atoms with Gasteiger partial charge in [0.05, 0.1) is 6.04 Å². The zero-order valence-corrected chi connectivity index (χ0v) is 12.0. The van der Waals surface area contributed by atoms with Gasteiger partial charge in [-0.1, -0.05) is 26.2 Å². The zero-order valence-electron chi connectivity index (χ0n) is 8.79. The SMILES string of the molecule is CCC1CCCCC1n1nc(Br)nc1Br. The normalized spacial score (nSPS) is 26.9. The van der Waals surface area contributed by atoms with Crippen LogP contribution in [0.1, 0.15) is 45.1 Å². The van der Waals surface area contributed by atoms with E-state index in [4.69, 9.17) is 0 Å². The van der Waals surface area contributed by atoms with Crippen LogP contribution in [0.3, 0.4) is 0 Å². The van der Waals surface area contributed by atoms with Gasteiger partial charge in [-0.25, -0.2) is 4.68 Å². The Morgan fingerprint density at radius 1 is 1.33 bits per heavy atom. The molecule has 1 saturated carbocycles. The van der Waals surface area contributed by atoms with E-state index in [1.807, 2.05) is 4.68 Å². The molecule has 15 heavy (non-hydrogen) atoms. The Bertz CT molecular complexity index is 337. The van der Waals surface area contributed by atoms with Crippen LogP contribution in [0.25, 0.3) is 0 Å². The highest BCUT2D eigenvalue weighted by atomic mass is 79.9. The second kappa shape index (κ2) is 4.95. The van der Waals surface area contributed by atoms with E-state index in [9.17, 15) is 0 Å². The average Bonchev–Trinajstić information content (AvgIpc) is 2.57. The van der Waals surface area contributed by atoms with Crippen LogP contribution in [0.15, 0.2) is 9.47 Å². The minimum Gasteiger partial charge on any atom is -0.236 e. The van der Waals surface area contributed by atoms with E-state index in [1.54, 1.807) is 0 Å². The van der Waals surface area contributed by atoms with Crippen LogP contribution in [0.2, 0.25) is 0 Å². The van der Waals surface area contributed by atoms with E-state index in [1.165, 1.54) is 32.1 Å². The first-order valence-electron chi connectivity index (χ1n) is 5.50. The van der Waals surface area contributed by atoms with Gasteiger partial charge in [0.15, 0.2) is 4.73 Å². The van der Waals surface area contributed by atoms with Gasteiger partial charge in [0.2, 0.25) is 4.73 Å². The monoisotopic (exact) mass is 335 g/mol. The first-order valence-corrected chi connectivity index (χ1v) is 7.08. The Kier molecular flexibility index (Phi) is 3.83. The maximum atomic E-state index is 4.41. The van der Waals surface area contributed by atoms with Gasteiger partial charge in [-0.15, -0.1) is 5.10 Å². The van der Waals surface area contributed by atoms with Crippen molar-refractivity contribution in [2.75, 3.05) is 0 Å². The van der Waals surface area contributed by atoms with Gasteiger partial charge in [-0.05, 0) is 50.6 Å². The van der Waals surface area contributed by atoms with Crippen LogP contribution in [0.4, 0.5) is 0 Å². The van der Waals surface area contributed by atoms with E-state index in [-0.39, 0.29) is 0 Å². The van der Waals surface area contributed by atoms with Crippen molar-refractivity contribution in [2.24, 2.45) is 5.92 Å². The minimum absolute atomic E-state index is 0.525. The molecule has 0 bridgehead atoms. The van der Waals surface area contributed by atoms with Gasteiger partial charge in [0.25, 0.3) is 0 Å². The Morgan fingerprint density at radius 3 is 2.67 bits per heavy atom. The van der Waals surface area contributed by atoms with Crippen LogP contribution in [-0.2, 0) is 0 Å². The zero-order chi connectivity index (χ0) is 10.8. The van der Waals surface area contributed by atoms with Gasteiger partial charge in [0, 0.05) is 0 Å². The Balaban J connectivity index is 2.23. The van der Waals surface area contributed by atoms with Crippen molar-refractivity contribution < 1.29 is 0 Å². The minimum atomic E-state index is 0.525. The lowest BCUT2D eigenvalue weighted by Crippen LogP contribution is -2.24. The van der Waals surface area contributed by atoms with Crippen molar-refractivity contribution in [3.8, 4) is 0 Å². The summed E-state index contributed by atoms with van der Waals surface area (Å²) in [5.41, 5.74) is 0. The molecule has 1 aliphatic carbocycles. The van der Waals surface area contributed by atoms with E-state index in [0.29, 0.717) is 10.8 Å². The summed E-state index contributed by atoms with van der Waals surface area (Å²) in [4.78, 5) is 4.24. The van der Waals surface area contributed by atoms with E-state index >= 15 is 0 Å². The largest absolute Gasteiger partial charge is 0.236 e. The summed E-state index contributed by atoms with van der Waals surface area (Å²) >= 11 is 6.79. The van der Waals surface area contributed by atoms with Gasteiger partial charge in [0.1, 0.15) is 0 Å². The predicted octanol–water partition coefficient (Wildman–Crippen LogP) is 3.94. The number of halogens is 2. The molecule has 2 unspecified atom stereocenters. The fourth-order valence-corrected chi connectivity index (χ4v) is 3.56. The molecule has 2 rings (SSSR count). The fourth-order valence-electron chi connectivity index (χ4n) is 2.48. The third kappa shape index (κ3) is 2.44. The van der Waals surface area contributed by atoms with Gasteiger partial charge in [-0.2, -0.15) is 4.98 Å². The summed E-state index contributed by atoms with van der Waals surface area (Å²) in [5.74, 6) is 0.753. The molecule has 0 amide bonds. The summed E-state index contributed by atoms with van der Waals surface area (Å²) in [6.45, 7) is 2.27. The fraction of sp³-hybridized carbons (Fsp3) is 0.800. The lowest BCUT2D eigenvalue weighted by atomic mass is 9.83. The van der Waals surface area contributed by atoms with Crippen molar-refractivity contribution in [1.29, 1.82) is 0 Å². The molecule has 1 aliphatic rings. The van der Waals surface area contributed by atoms with Crippen LogP contribution >= 0.6 is 31.9 Å². The van der Waals surface area contributed by atoms with Crippen LogP contribution < -0.4 is 0 Å². The van der Waals surface area contributed by atoms with E-state index in [2.05, 4.69) is 48.9 Å². The number of rotatable bonds is 2. The van der Waals surface area contributed by atoms with Crippen molar-refractivity contribution in [3.05, 3.63) is 9.47 Å². The van der Waals surface area contributed by atoms with E-state index < -0.39 is 0 Å². The molecular weight excluding hydrogens is 322 g/mol. The van der Waals surface area contributed by atoms with Crippen molar-refractivity contribution in [2.45, 2.75) is 45.1 Å². The lowest BCUT2D eigenvalue weighted by molar-refractivity contribution is 0.213. The molecule has 0 aromatic carbocycles. The first-order chi connectivity index (χ1) is 7.22. The standard InChI is InChI=1S/C10H15Br2N3/c1-2-7-5-3-4-6-8(7)15-10(12)13-9(11)14-15/h7-8H,2-6H2,1H3. The summed E-state index contributed by atoms with van der Waals surface area (Å²) in [6.07, 6.45) is 6.46. The number of hydrogen-bond acceptors (Lipinski definition) is 2. The molecule has 0 saturated heterocycles. The smallest absolute Gasteiger partial charge is 0.218 e. The molecule has 1 aromatic rings. The molecule has 0 spiro atoms. The second-order valence-electron chi connectivity index (χ2n) is 4.11. The number of nitrogens with zero attached hydrogens (tertiary/aromatic N) is 3. The van der Waals surface area contributed by atoms with Crippen molar-refractivity contribution in [3.63, 3.8) is 0 Å². The molecule has 84 valence electrons. The van der Waals surface area contributed by atoms with Gasteiger partial charge >= 0.3 is 0 Å². The summed E-state index contributed by atoms with van der Waals surface area (Å²) in [7, 11) is 0. The highest BCUT2D eigenvalue weighted by Crippen LogP contribution is 2.37. The molecule has 2 atom stereocenters. The third-order valence-electron chi connectivity index (χ3n) is 3.27. The topological polar surface area (TPSA) is 30.7 Å². The van der Waals surface area contributed by atoms with Gasteiger partial charge < -0.3 is 0 Å². The summed E-state index contributed by atoms with van der Waals surface area (Å²) in [5, 5.41) is 4.41. The van der Waals surface area contributed by atoms with E-state index in [0.717, 1.165) is 10.7 Å². The Hall–Kier alpha value is 0.1000. The highest BCUT2D eigenvalue weighted by molar-refractivity contribution is 9.11. The predicted molar refractivity (Wildman–Crippen MR) is 66.7 cm³/mol. The van der Waals surface area contributed by atoms with Crippen LogP contribution in [0, 0.1) is 5.92 Å². The third-order valence-corrected chi connectivity index (χ3v) is 4.15. The molecule has 1 aromatic heterocycles. The van der Waals surface area contributed by atoms with Crippen LogP contribution in [-0.4, -0.2) is 14.8 Å². The highest BCUT2D eigenvalue weighted by Gasteiger charge is 2.27. The van der Waals surface area contributed by atoms with Crippen molar-refractivity contribution >= 4 is 31.9 Å². The molecule has 1 fully saturated rings. The second-order valence-corrected chi connectivity index (χ2v) is 5.53. The average molecular weight is 337 g/mol. The van der Waals surface area contributed by atoms with Crippen LogP contribution in [0.5, 0.6) is 0 Å².